The lowest BCUT2D eigenvalue weighted by molar-refractivity contribution is -0.245. The highest BCUT2D eigenvalue weighted by molar-refractivity contribution is 5.99. The van der Waals surface area contributed by atoms with Gasteiger partial charge in [0.1, 0.15) is 35.5 Å². The fraction of sp³-hybridized carbons (Fsp3) is 0.444. The molecule has 146 valence electrons. The Kier molecular flexibility index (Phi) is 5.31. The van der Waals surface area contributed by atoms with Gasteiger partial charge in [-0.2, -0.15) is 0 Å². The Labute approximate surface area is 153 Å². The number of carbonyl (C=O) groups excluding carboxylic acids is 1. The fourth-order valence-electron chi connectivity index (χ4n) is 3.30. The van der Waals surface area contributed by atoms with E-state index in [4.69, 9.17) is 14.3 Å². The maximum absolute atomic E-state index is 12.0. The largest absolute Gasteiger partial charge is 0.422 e. The van der Waals surface area contributed by atoms with Crippen molar-refractivity contribution >= 4 is 22.4 Å². The van der Waals surface area contributed by atoms with Crippen LogP contribution in [-0.4, -0.2) is 63.5 Å². The molecule has 0 amide bonds. The van der Waals surface area contributed by atoms with E-state index in [1.165, 1.54) is 13.0 Å². The van der Waals surface area contributed by atoms with Crippen molar-refractivity contribution in [2.45, 2.75) is 44.5 Å². The summed E-state index contributed by atoms with van der Waals surface area (Å²) >= 11 is 0. The van der Waals surface area contributed by atoms with Gasteiger partial charge in [-0.25, -0.2) is 4.79 Å². The first kappa shape index (κ1) is 19.5. The van der Waals surface area contributed by atoms with E-state index >= 15 is 0 Å². The van der Waals surface area contributed by atoms with Crippen LogP contribution in [0.5, 0.6) is 0 Å². The predicted octanol–water partition coefficient (Wildman–Crippen LogP) is -0.484. The minimum Gasteiger partial charge on any atom is -0.422 e. The summed E-state index contributed by atoms with van der Waals surface area (Å²) in [6, 6.07) is 3.66. The van der Waals surface area contributed by atoms with Crippen LogP contribution in [0, 0.1) is 6.92 Å². The number of benzene rings is 1. The molecule has 5 N–H and O–H groups in total. The molecule has 3 rings (SSSR count). The third kappa shape index (κ3) is 3.47. The van der Waals surface area contributed by atoms with Crippen molar-refractivity contribution in [3.05, 3.63) is 39.7 Å². The van der Waals surface area contributed by atoms with Gasteiger partial charge in [-0.05, 0) is 31.5 Å². The average Bonchev–Trinajstić information content (AvgIpc) is 2.61. The minimum atomic E-state index is -1.48. The number of ether oxygens (including phenoxy) is 1. The summed E-state index contributed by atoms with van der Waals surface area (Å²) in [5, 5.41) is 42.7. The summed E-state index contributed by atoms with van der Waals surface area (Å²) < 4.78 is 10.3. The number of rotatable bonds is 4. The molecule has 1 aliphatic rings. The zero-order valence-corrected chi connectivity index (χ0v) is 14.7. The second-order valence-corrected chi connectivity index (χ2v) is 6.56. The molecule has 1 aromatic heterocycles. The molecule has 2 heterocycles. The number of aliphatic hydroxyl groups is 4. The van der Waals surface area contributed by atoms with Crippen molar-refractivity contribution in [3.63, 3.8) is 0 Å². The molecule has 0 bridgehead atoms. The molecule has 1 saturated heterocycles. The fourth-order valence-corrected chi connectivity index (χ4v) is 3.30. The van der Waals surface area contributed by atoms with Crippen LogP contribution in [0.4, 0.5) is 5.69 Å². The zero-order chi connectivity index (χ0) is 19.9. The van der Waals surface area contributed by atoms with Crippen molar-refractivity contribution in [1.82, 2.24) is 0 Å². The Morgan fingerprint density at radius 2 is 1.93 bits per heavy atom. The third-order valence-electron chi connectivity index (χ3n) is 4.75. The summed E-state index contributed by atoms with van der Waals surface area (Å²) in [4.78, 5) is 23.7. The molecule has 1 fully saturated rings. The number of hydrogen-bond donors (Lipinski definition) is 5. The quantitative estimate of drug-likeness (QED) is 0.350. The molecule has 27 heavy (non-hydrogen) atoms. The molecule has 0 radical (unpaired) electrons. The van der Waals surface area contributed by atoms with E-state index < -0.39 is 42.9 Å². The highest BCUT2D eigenvalue weighted by Gasteiger charge is 2.43. The SMILES string of the molecule is CC(=O)c1c(C)c2ccc(NC3[C@H](O)OC(CO)[C@@H](O)[C@@H]3O)cc2oc1=O. The Morgan fingerprint density at radius 3 is 2.56 bits per heavy atom. The molecule has 2 aromatic rings. The molecule has 0 spiro atoms. The maximum Gasteiger partial charge on any atom is 0.347 e. The number of fused-ring (bicyclic) bond motifs is 1. The van der Waals surface area contributed by atoms with Crippen molar-refractivity contribution in [2.75, 3.05) is 11.9 Å². The molecule has 9 nitrogen and oxygen atoms in total. The van der Waals surface area contributed by atoms with Crippen molar-refractivity contribution in [3.8, 4) is 0 Å². The first-order valence-electron chi connectivity index (χ1n) is 8.40. The summed E-state index contributed by atoms with van der Waals surface area (Å²) in [7, 11) is 0. The van der Waals surface area contributed by atoms with Gasteiger partial charge in [-0.15, -0.1) is 0 Å². The lowest BCUT2D eigenvalue weighted by Gasteiger charge is -2.40. The van der Waals surface area contributed by atoms with Crippen molar-refractivity contribution < 1.29 is 34.4 Å². The van der Waals surface area contributed by atoms with Crippen LogP contribution in [0.25, 0.3) is 11.0 Å². The molecule has 9 heteroatoms. The molecule has 0 aliphatic carbocycles. The van der Waals surface area contributed by atoms with Gasteiger partial charge in [-0.3, -0.25) is 4.79 Å². The molecular formula is C18H21NO8. The van der Waals surface area contributed by atoms with Crippen LogP contribution >= 0.6 is 0 Å². The topological polar surface area (TPSA) is 149 Å². The number of aliphatic hydroxyl groups excluding tert-OH is 4. The van der Waals surface area contributed by atoms with Gasteiger partial charge in [-0.1, -0.05) is 0 Å². The smallest absolute Gasteiger partial charge is 0.347 e. The second kappa shape index (κ2) is 7.37. The zero-order valence-electron chi connectivity index (χ0n) is 14.7. The Bertz CT molecular complexity index is 923. The van der Waals surface area contributed by atoms with Crippen LogP contribution in [0.1, 0.15) is 22.8 Å². The molecule has 1 aromatic carbocycles. The summed E-state index contributed by atoms with van der Waals surface area (Å²) in [5.41, 5.74) is 0.367. The van der Waals surface area contributed by atoms with E-state index in [-0.39, 0.29) is 16.9 Å². The number of anilines is 1. The number of carbonyl (C=O) groups is 1. The summed E-state index contributed by atoms with van der Waals surface area (Å²) in [6.45, 7) is 2.38. The van der Waals surface area contributed by atoms with Gasteiger partial charge < -0.3 is 34.9 Å². The first-order chi connectivity index (χ1) is 12.7. The lowest BCUT2D eigenvalue weighted by atomic mass is 9.96. The normalized spacial score (nSPS) is 28.3. The van der Waals surface area contributed by atoms with E-state index in [0.29, 0.717) is 16.6 Å². The minimum absolute atomic E-state index is 0.00657. The number of ketones is 1. The van der Waals surface area contributed by atoms with Gasteiger partial charge in [0.25, 0.3) is 0 Å². The van der Waals surface area contributed by atoms with Gasteiger partial charge in [0.05, 0.1) is 6.61 Å². The summed E-state index contributed by atoms with van der Waals surface area (Å²) in [5.74, 6) is -0.386. The van der Waals surface area contributed by atoms with Gasteiger partial charge in [0.2, 0.25) is 0 Å². The van der Waals surface area contributed by atoms with E-state index in [9.17, 15) is 24.9 Å². The van der Waals surface area contributed by atoms with Crippen LogP contribution in [0.3, 0.4) is 0 Å². The maximum atomic E-state index is 12.0. The van der Waals surface area contributed by atoms with E-state index in [2.05, 4.69) is 5.32 Å². The molecule has 2 unspecified atom stereocenters. The Hall–Kier alpha value is -2.30. The lowest BCUT2D eigenvalue weighted by Crippen LogP contribution is -2.61. The van der Waals surface area contributed by atoms with Gasteiger partial charge in [0.15, 0.2) is 12.1 Å². The van der Waals surface area contributed by atoms with Crippen LogP contribution < -0.4 is 10.9 Å². The molecule has 1 aliphatic heterocycles. The summed E-state index contributed by atoms with van der Waals surface area (Å²) in [6.07, 6.45) is -5.38. The number of nitrogens with one attached hydrogen (secondary N) is 1. The highest BCUT2D eigenvalue weighted by Crippen LogP contribution is 2.27. The van der Waals surface area contributed by atoms with E-state index in [0.717, 1.165) is 0 Å². The molecule has 0 saturated carbocycles. The predicted molar refractivity (Wildman–Crippen MR) is 94.6 cm³/mol. The van der Waals surface area contributed by atoms with E-state index in [1.54, 1.807) is 19.1 Å². The third-order valence-corrected chi connectivity index (χ3v) is 4.75. The molecular weight excluding hydrogens is 358 g/mol. The van der Waals surface area contributed by atoms with E-state index in [1.807, 2.05) is 0 Å². The first-order valence-corrected chi connectivity index (χ1v) is 8.40. The van der Waals surface area contributed by atoms with Crippen molar-refractivity contribution in [1.29, 1.82) is 0 Å². The molecule has 5 atom stereocenters. The second-order valence-electron chi connectivity index (χ2n) is 6.56. The van der Waals surface area contributed by atoms with Crippen LogP contribution in [0.15, 0.2) is 27.4 Å². The van der Waals surface area contributed by atoms with Gasteiger partial charge in [0, 0.05) is 17.1 Å². The average molecular weight is 379 g/mol. The number of aryl methyl sites for hydroxylation is 1. The number of Topliss-reactive ketones (excluding diaryl/α,β-unsaturated/α-hetero) is 1. The Balaban J connectivity index is 1.93. The van der Waals surface area contributed by atoms with Crippen LogP contribution in [0.2, 0.25) is 0 Å². The van der Waals surface area contributed by atoms with Crippen LogP contribution in [-0.2, 0) is 4.74 Å². The standard InChI is InChI=1S/C18H21NO8/c1-7-10-4-3-9(5-11(10)26-17(24)13(7)8(2)21)19-14-16(23)15(22)12(6-20)27-18(14)25/h3-5,12,14-16,18-20,22-23,25H,6H2,1-2H3/t12?,14?,15-,16-,18-/m1/s1. The Morgan fingerprint density at radius 1 is 1.22 bits per heavy atom. The monoisotopic (exact) mass is 379 g/mol. The highest BCUT2D eigenvalue weighted by atomic mass is 16.6. The van der Waals surface area contributed by atoms with Gasteiger partial charge >= 0.3 is 5.63 Å². The van der Waals surface area contributed by atoms with Crippen molar-refractivity contribution in [2.24, 2.45) is 0 Å². The number of hydrogen-bond acceptors (Lipinski definition) is 9.